The minimum atomic E-state index is -0.419. The molecule has 2 atom stereocenters. The Morgan fingerprint density at radius 2 is 1.87 bits per heavy atom. The first kappa shape index (κ1) is 15.6. The van der Waals surface area contributed by atoms with Crippen LogP contribution in [-0.4, -0.2) is 25.6 Å². The van der Waals surface area contributed by atoms with Crippen LogP contribution >= 0.6 is 0 Å². The van der Waals surface area contributed by atoms with Crippen LogP contribution in [0.2, 0.25) is 0 Å². The number of carbonyl (C=O) groups is 1. The number of nitrogens with two attached hydrogens (primary N) is 1. The Morgan fingerprint density at radius 3 is 2.57 bits per heavy atom. The van der Waals surface area contributed by atoms with Crippen LogP contribution < -0.4 is 15.8 Å². The summed E-state index contributed by atoms with van der Waals surface area (Å²) in [5.74, 6) is 1.30. The van der Waals surface area contributed by atoms with Gasteiger partial charge < -0.3 is 15.8 Å². The maximum atomic E-state index is 11.1. The summed E-state index contributed by atoms with van der Waals surface area (Å²) in [6.45, 7) is 2.66. The molecule has 0 bridgehead atoms. The highest BCUT2D eigenvalue weighted by Gasteiger charge is 2.26. The monoisotopic (exact) mass is 310 g/mol. The van der Waals surface area contributed by atoms with Crippen LogP contribution in [0.1, 0.15) is 28.3 Å². The third-order valence-corrected chi connectivity index (χ3v) is 4.44. The molecule has 3 N–H and O–H groups in total. The number of amides is 1. The van der Waals surface area contributed by atoms with Gasteiger partial charge in [0.25, 0.3) is 0 Å². The van der Waals surface area contributed by atoms with Gasteiger partial charge in [-0.25, -0.2) is 0 Å². The molecule has 1 amide bonds. The standard InChI is InChI=1S/C19H22N2O2/c20-19(22)15-6-8-17(9-7-15)23-13-16-12-21-11-10-18(16)14-4-2-1-3-5-14/h1-9,16,18,21H,10-13H2,(H2,20,22)/t16-,18-/m0/s1. The second-order valence-electron chi connectivity index (χ2n) is 5.97. The van der Waals surface area contributed by atoms with Crippen molar-refractivity contribution in [1.82, 2.24) is 5.32 Å². The minimum absolute atomic E-state index is 0.419. The zero-order valence-corrected chi connectivity index (χ0v) is 13.1. The maximum absolute atomic E-state index is 11.1. The van der Waals surface area contributed by atoms with Crippen LogP contribution in [0.5, 0.6) is 5.75 Å². The minimum Gasteiger partial charge on any atom is -0.493 e. The van der Waals surface area contributed by atoms with E-state index in [9.17, 15) is 4.79 Å². The summed E-state index contributed by atoms with van der Waals surface area (Å²) in [6.07, 6.45) is 1.12. The summed E-state index contributed by atoms with van der Waals surface area (Å²) in [6, 6.07) is 17.6. The number of piperidine rings is 1. The molecular weight excluding hydrogens is 288 g/mol. The van der Waals surface area contributed by atoms with E-state index in [1.807, 2.05) is 0 Å². The Bertz CT molecular complexity index is 640. The molecule has 3 rings (SSSR count). The summed E-state index contributed by atoms with van der Waals surface area (Å²) < 4.78 is 5.94. The van der Waals surface area contributed by atoms with Gasteiger partial charge >= 0.3 is 0 Å². The topological polar surface area (TPSA) is 64.4 Å². The first-order valence-electron chi connectivity index (χ1n) is 8.02. The van der Waals surface area contributed by atoms with Crippen molar-refractivity contribution >= 4 is 5.91 Å². The predicted molar refractivity (Wildman–Crippen MR) is 90.6 cm³/mol. The Kier molecular flexibility index (Phi) is 4.93. The quantitative estimate of drug-likeness (QED) is 0.892. The summed E-state index contributed by atoms with van der Waals surface area (Å²) in [5, 5.41) is 3.45. The van der Waals surface area contributed by atoms with Crippen LogP contribution in [-0.2, 0) is 0 Å². The number of hydrogen-bond donors (Lipinski definition) is 2. The Hall–Kier alpha value is -2.33. The Balaban J connectivity index is 1.64. The van der Waals surface area contributed by atoms with Gasteiger partial charge in [0.15, 0.2) is 0 Å². The van der Waals surface area contributed by atoms with Crippen molar-refractivity contribution in [3.8, 4) is 5.75 Å². The second-order valence-corrected chi connectivity index (χ2v) is 5.97. The van der Waals surface area contributed by atoms with Crippen LogP contribution in [0.25, 0.3) is 0 Å². The highest BCUT2D eigenvalue weighted by atomic mass is 16.5. The maximum Gasteiger partial charge on any atom is 0.248 e. The second kappa shape index (κ2) is 7.29. The highest BCUT2D eigenvalue weighted by molar-refractivity contribution is 5.92. The van der Waals surface area contributed by atoms with Crippen molar-refractivity contribution < 1.29 is 9.53 Å². The average molecular weight is 310 g/mol. The lowest BCUT2D eigenvalue weighted by molar-refractivity contribution is 0.1000. The van der Waals surface area contributed by atoms with Crippen LogP contribution in [0.15, 0.2) is 54.6 Å². The molecule has 0 aromatic heterocycles. The fraction of sp³-hybridized carbons (Fsp3) is 0.316. The lowest BCUT2D eigenvalue weighted by Crippen LogP contribution is -2.38. The Morgan fingerprint density at radius 1 is 1.13 bits per heavy atom. The lowest BCUT2D eigenvalue weighted by atomic mass is 9.81. The van der Waals surface area contributed by atoms with E-state index in [2.05, 4.69) is 35.6 Å². The average Bonchev–Trinajstić information content (AvgIpc) is 2.61. The van der Waals surface area contributed by atoms with E-state index in [1.54, 1.807) is 24.3 Å². The number of ether oxygens (including phenoxy) is 1. The normalized spacial score (nSPS) is 20.9. The summed E-state index contributed by atoms with van der Waals surface area (Å²) in [5.41, 5.74) is 7.13. The lowest BCUT2D eigenvalue weighted by Gasteiger charge is -2.32. The van der Waals surface area contributed by atoms with Crippen LogP contribution in [0, 0.1) is 5.92 Å². The van der Waals surface area contributed by atoms with Crippen molar-refractivity contribution in [3.63, 3.8) is 0 Å². The molecule has 2 aromatic rings. The van der Waals surface area contributed by atoms with Gasteiger partial charge in [0, 0.05) is 18.0 Å². The van der Waals surface area contributed by atoms with Crippen molar-refractivity contribution in [2.24, 2.45) is 11.7 Å². The third-order valence-electron chi connectivity index (χ3n) is 4.44. The molecule has 0 saturated carbocycles. The van der Waals surface area contributed by atoms with Crippen molar-refractivity contribution in [2.75, 3.05) is 19.7 Å². The molecule has 4 heteroatoms. The summed E-state index contributed by atoms with van der Waals surface area (Å²) in [7, 11) is 0. The fourth-order valence-electron chi connectivity index (χ4n) is 3.16. The molecule has 0 radical (unpaired) electrons. The number of hydrogen-bond acceptors (Lipinski definition) is 3. The number of nitrogens with one attached hydrogen (secondary N) is 1. The molecule has 1 heterocycles. The van der Waals surface area contributed by atoms with E-state index in [4.69, 9.17) is 10.5 Å². The van der Waals surface area contributed by atoms with Crippen LogP contribution in [0.3, 0.4) is 0 Å². The number of carbonyl (C=O) groups excluding carboxylic acids is 1. The first-order valence-corrected chi connectivity index (χ1v) is 8.02. The molecular formula is C19H22N2O2. The third kappa shape index (κ3) is 3.90. The van der Waals surface area contributed by atoms with Crippen molar-refractivity contribution in [2.45, 2.75) is 12.3 Å². The SMILES string of the molecule is NC(=O)c1ccc(OC[C@@H]2CNCC[C@H]2c2ccccc2)cc1. The van der Waals surface area contributed by atoms with Gasteiger partial charge in [0.05, 0.1) is 6.61 Å². The largest absolute Gasteiger partial charge is 0.493 e. The van der Waals surface area contributed by atoms with Gasteiger partial charge in [-0.05, 0) is 48.7 Å². The molecule has 23 heavy (non-hydrogen) atoms. The molecule has 0 aliphatic carbocycles. The molecule has 1 saturated heterocycles. The van der Waals surface area contributed by atoms with Gasteiger partial charge in [-0.1, -0.05) is 30.3 Å². The van der Waals surface area contributed by atoms with E-state index in [0.29, 0.717) is 24.0 Å². The molecule has 1 aliphatic rings. The number of primary amides is 1. The van der Waals surface area contributed by atoms with E-state index >= 15 is 0 Å². The number of rotatable bonds is 5. The highest BCUT2D eigenvalue weighted by Crippen LogP contribution is 2.30. The summed E-state index contributed by atoms with van der Waals surface area (Å²) in [4.78, 5) is 11.1. The first-order chi connectivity index (χ1) is 11.2. The molecule has 1 fully saturated rings. The van der Waals surface area contributed by atoms with Gasteiger partial charge in [0.1, 0.15) is 5.75 Å². The van der Waals surface area contributed by atoms with Crippen LogP contribution in [0.4, 0.5) is 0 Å². The van der Waals surface area contributed by atoms with E-state index in [-0.39, 0.29) is 0 Å². The van der Waals surface area contributed by atoms with E-state index in [0.717, 1.165) is 25.3 Å². The van der Waals surface area contributed by atoms with E-state index < -0.39 is 5.91 Å². The summed E-state index contributed by atoms with van der Waals surface area (Å²) >= 11 is 0. The molecule has 4 nitrogen and oxygen atoms in total. The van der Waals surface area contributed by atoms with E-state index in [1.165, 1.54) is 5.56 Å². The molecule has 2 aromatic carbocycles. The predicted octanol–water partition coefficient (Wildman–Crippen LogP) is 2.56. The van der Waals surface area contributed by atoms with Gasteiger partial charge in [-0.3, -0.25) is 4.79 Å². The number of benzene rings is 2. The zero-order chi connectivity index (χ0) is 16.1. The molecule has 0 unspecified atom stereocenters. The van der Waals surface area contributed by atoms with Gasteiger partial charge in [0.2, 0.25) is 5.91 Å². The van der Waals surface area contributed by atoms with Crippen molar-refractivity contribution in [1.29, 1.82) is 0 Å². The van der Waals surface area contributed by atoms with Crippen molar-refractivity contribution in [3.05, 3.63) is 65.7 Å². The zero-order valence-electron chi connectivity index (χ0n) is 13.1. The Labute approximate surface area is 136 Å². The molecule has 1 aliphatic heterocycles. The fourth-order valence-corrected chi connectivity index (χ4v) is 3.16. The smallest absolute Gasteiger partial charge is 0.248 e. The van der Waals surface area contributed by atoms with Gasteiger partial charge in [-0.2, -0.15) is 0 Å². The molecule has 120 valence electrons. The van der Waals surface area contributed by atoms with Gasteiger partial charge in [-0.15, -0.1) is 0 Å². The molecule has 0 spiro atoms.